The maximum Gasteiger partial charge on any atom is 0.242 e. The van der Waals surface area contributed by atoms with Crippen LogP contribution in [0.3, 0.4) is 0 Å². The van der Waals surface area contributed by atoms with Crippen LogP contribution >= 0.6 is 11.6 Å². The molecular weight excluding hydrogens is 172 g/mol. The van der Waals surface area contributed by atoms with Crippen molar-refractivity contribution in [2.24, 2.45) is 0 Å². The van der Waals surface area contributed by atoms with Gasteiger partial charge >= 0.3 is 0 Å². The summed E-state index contributed by atoms with van der Waals surface area (Å²) in [5.41, 5.74) is 0. The number of aliphatic hydroxyl groups excluding tert-OH is 2. The maximum absolute atomic E-state index is 10.7. The molecule has 1 aliphatic carbocycles. The minimum Gasteiger partial charge on any atom is -0.501 e. The predicted octanol–water partition coefficient (Wildman–Crippen LogP) is 0.588. The van der Waals surface area contributed by atoms with Crippen LogP contribution in [-0.2, 0) is 9.59 Å². The van der Waals surface area contributed by atoms with E-state index >= 15 is 0 Å². The van der Waals surface area contributed by atoms with E-state index < -0.39 is 28.1 Å². The Morgan fingerprint density at radius 2 is 1.73 bits per heavy atom. The molecule has 0 saturated carbocycles. The zero-order valence-electron chi connectivity index (χ0n) is 5.17. The molecule has 4 nitrogen and oxygen atoms in total. The first-order chi connectivity index (χ1) is 5.04. The van der Waals surface area contributed by atoms with Crippen LogP contribution in [0.5, 0.6) is 0 Å². The Hall–Kier alpha value is -1.29. The van der Waals surface area contributed by atoms with Crippen molar-refractivity contribution in [3.05, 3.63) is 22.6 Å². The lowest BCUT2D eigenvalue weighted by atomic mass is 10.1. The molecule has 0 aromatic carbocycles. The SMILES string of the molecule is O=C1C=C(Cl)C(=O)C(O)=C1O. The third kappa shape index (κ3) is 1.12. The first-order valence-corrected chi connectivity index (χ1v) is 3.00. The van der Waals surface area contributed by atoms with Gasteiger partial charge in [-0.25, -0.2) is 0 Å². The molecule has 0 aromatic heterocycles. The highest BCUT2D eigenvalue weighted by Crippen LogP contribution is 2.17. The number of hydrogen-bond acceptors (Lipinski definition) is 4. The molecule has 1 aliphatic rings. The van der Waals surface area contributed by atoms with Gasteiger partial charge in [-0.05, 0) is 0 Å². The Labute approximate surface area is 66.4 Å². The van der Waals surface area contributed by atoms with E-state index in [0.717, 1.165) is 6.08 Å². The summed E-state index contributed by atoms with van der Waals surface area (Å²) in [4.78, 5) is 21.2. The summed E-state index contributed by atoms with van der Waals surface area (Å²) >= 11 is 5.21. The normalized spacial score (nSPS) is 18.8. The third-order valence-corrected chi connectivity index (χ3v) is 1.43. The molecule has 0 saturated heterocycles. The molecule has 0 unspecified atom stereocenters. The molecule has 1 rings (SSSR count). The molecule has 2 N–H and O–H groups in total. The fraction of sp³-hybridized carbons (Fsp3) is 0. The van der Waals surface area contributed by atoms with Crippen LogP contribution in [-0.4, -0.2) is 21.8 Å². The predicted molar refractivity (Wildman–Crippen MR) is 36.2 cm³/mol. The Balaban J connectivity index is 3.19. The molecule has 0 aromatic rings. The van der Waals surface area contributed by atoms with E-state index in [1.165, 1.54) is 0 Å². The molecule has 5 heteroatoms. The third-order valence-electron chi connectivity index (χ3n) is 1.15. The monoisotopic (exact) mass is 174 g/mol. The smallest absolute Gasteiger partial charge is 0.242 e. The van der Waals surface area contributed by atoms with Gasteiger partial charge in [0.15, 0.2) is 0 Å². The van der Waals surface area contributed by atoms with Crippen molar-refractivity contribution in [3.63, 3.8) is 0 Å². The van der Waals surface area contributed by atoms with E-state index in [-0.39, 0.29) is 0 Å². The first kappa shape index (κ1) is 7.81. The van der Waals surface area contributed by atoms with E-state index in [9.17, 15) is 9.59 Å². The van der Waals surface area contributed by atoms with Crippen molar-refractivity contribution >= 4 is 23.2 Å². The molecule has 0 bridgehead atoms. The fourth-order valence-electron chi connectivity index (χ4n) is 0.586. The molecule has 11 heavy (non-hydrogen) atoms. The van der Waals surface area contributed by atoms with Crippen LogP contribution in [0.1, 0.15) is 0 Å². The molecule has 0 spiro atoms. The number of ketones is 2. The van der Waals surface area contributed by atoms with Gasteiger partial charge in [0.25, 0.3) is 0 Å². The number of aliphatic hydroxyl groups is 2. The Kier molecular flexibility index (Phi) is 1.70. The van der Waals surface area contributed by atoms with Crippen molar-refractivity contribution in [1.82, 2.24) is 0 Å². The van der Waals surface area contributed by atoms with Crippen molar-refractivity contribution in [3.8, 4) is 0 Å². The number of halogens is 1. The molecule has 58 valence electrons. The van der Waals surface area contributed by atoms with Gasteiger partial charge in [0.05, 0.1) is 5.03 Å². The Bertz CT molecular complexity index is 300. The average Bonchev–Trinajstić information content (AvgIpc) is 1.97. The summed E-state index contributed by atoms with van der Waals surface area (Å²) in [5, 5.41) is 17.0. The van der Waals surface area contributed by atoms with Gasteiger partial charge in [-0.3, -0.25) is 9.59 Å². The summed E-state index contributed by atoms with van der Waals surface area (Å²) in [5.74, 6) is -3.77. The zero-order valence-corrected chi connectivity index (χ0v) is 5.92. The van der Waals surface area contributed by atoms with E-state index in [2.05, 4.69) is 0 Å². The summed E-state index contributed by atoms with van der Waals surface area (Å²) in [7, 11) is 0. The van der Waals surface area contributed by atoms with Gasteiger partial charge in [0.2, 0.25) is 23.1 Å². The van der Waals surface area contributed by atoms with Crippen molar-refractivity contribution in [1.29, 1.82) is 0 Å². The van der Waals surface area contributed by atoms with Crippen LogP contribution in [0.4, 0.5) is 0 Å². The van der Waals surface area contributed by atoms with Gasteiger partial charge in [-0.15, -0.1) is 0 Å². The van der Waals surface area contributed by atoms with E-state index in [0.29, 0.717) is 0 Å². The number of carbonyl (C=O) groups is 2. The van der Waals surface area contributed by atoms with E-state index in [4.69, 9.17) is 21.8 Å². The van der Waals surface area contributed by atoms with Crippen LogP contribution in [0, 0.1) is 0 Å². The number of Topliss-reactive ketones (excluding diaryl/α,β-unsaturated/α-hetero) is 1. The lowest BCUT2D eigenvalue weighted by Crippen LogP contribution is -2.16. The molecule has 0 aliphatic heterocycles. The lowest BCUT2D eigenvalue weighted by Gasteiger charge is -2.05. The summed E-state index contributed by atoms with van der Waals surface area (Å²) in [6, 6.07) is 0. The van der Waals surface area contributed by atoms with E-state index in [1.807, 2.05) is 0 Å². The fourth-order valence-corrected chi connectivity index (χ4v) is 0.775. The second-order valence-electron chi connectivity index (χ2n) is 1.88. The largest absolute Gasteiger partial charge is 0.501 e. The van der Waals surface area contributed by atoms with Crippen molar-refractivity contribution in [2.75, 3.05) is 0 Å². The standard InChI is InChI=1S/C6H3ClO4/c7-2-1-3(8)5(10)6(11)4(2)9/h1,10-11H. The highest BCUT2D eigenvalue weighted by molar-refractivity contribution is 6.47. The van der Waals surface area contributed by atoms with Gasteiger partial charge in [0.1, 0.15) is 0 Å². The average molecular weight is 175 g/mol. The van der Waals surface area contributed by atoms with Gasteiger partial charge in [0, 0.05) is 6.08 Å². The highest BCUT2D eigenvalue weighted by atomic mass is 35.5. The van der Waals surface area contributed by atoms with Crippen molar-refractivity contribution < 1.29 is 19.8 Å². The minimum absolute atomic E-state index is 0.398. The van der Waals surface area contributed by atoms with Crippen LogP contribution in [0.2, 0.25) is 0 Å². The van der Waals surface area contributed by atoms with Crippen molar-refractivity contribution in [2.45, 2.75) is 0 Å². The number of carbonyl (C=O) groups excluding carboxylic acids is 2. The number of rotatable bonds is 0. The van der Waals surface area contributed by atoms with E-state index in [1.54, 1.807) is 0 Å². The zero-order chi connectivity index (χ0) is 8.59. The minimum atomic E-state index is -0.998. The summed E-state index contributed by atoms with van der Waals surface area (Å²) in [6.45, 7) is 0. The lowest BCUT2D eigenvalue weighted by molar-refractivity contribution is -0.119. The Morgan fingerprint density at radius 1 is 1.18 bits per heavy atom. The second kappa shape index (κ2) is 2.39. The summed E-state index contributed by atoms with van der Waals surface area (Å²) < 4.78 is 0. The molecule has 0 heterocycles. The topological polar surface area (TPSA) is 74.6 Å². The molecule has 0 fully saturated rings. The molecule has 0 radical (unpaired) electrons. The van der Waals surface area contributed by atoms with Gasteiger partial charge < -0.3 is 10.2 Å². The highest BCUT2D eigenvalue weighted by Gasteiger charge is 2.26. The van der Waals surface area contributed by atoms with Crippen LogP contribution < -0.4 is 0 Å². The molecular formula is C6H3ClO4. The van der Waals surface area contributed by atoms with Gasteiger partial charge in [-0.1, -0.05) is 11.6 Å². The Morgan fingerprint density at radius 3 is 2.27 bits per heavy atom. The van der Waals surface area contributed by atoms with Crippen LogP contribution in [0.25, 0.3) is 0 Å². The van der Waals surface area contributed by atoms with Gasteiger partial charge in [-0.2, -0.15) is 0 Å². The first-order valence-electron chi connectivity index (χ1n) is 2.62. The number of allylic oxidation sites excluding steroid dienone is 2. The van der Waals surface area contributed by atoms with Crippen LogP contribution in [0.15, 0.2) is 22.6 Å². The quantitative estimate of drug-likeness (QED) is 0.527. The summed E-state index contributed by atoms with van der Waals surface area (Å²) in [6.07, 6.45) is 0.749. The maximum atomic E-state index is 10.7. The molecule has 0 amide bonds. The number of hydrogen-bond donors (Lipinski definition) is 2. The molecule has 0 atom stereocenters. The second-order valence-corrected chi connectivity index (χ2v) is 2.29.